The van der Waals surface area contributed by atoms with Crippen LogP contribution in [0.15, 0.2) is 23.0 Å². The van der Waals surface area contributed by atoms with E-state index in [1.807, 2.05) is 0 Å². The fraction of sp³-hybridized carbons (Fsp3) is 0.545. The summed E-state index contributed by atoms with van der Waals surface area (Å²) >= 11 is 5.39. The van der Waals surface area contributed by atoms with Gasteiger partial charge in [0.2, 0.25) is 5.56 Å². The fourth-order valence-electron chi connectivity index (χ4n) is 1.45. The highest BCUT2D eigenvalue weighted by molar-refractivity contribution is 6.29. The van der Waals surface area contributed by atoms with Crippen molar-refractivity contribution in [2.75, 3.05) is 6.54 Å². The molecule has 2 rings (SSSR count). The third-order valence-corrected chi connectivity index (χ3v) is 2.51. The zero-order chi connectivity index (χ0) is 11.1. The Balaban J connectivity index is 0.000000151. The lowest BCUT2D eigenvalue weighted by molar-refractivity contribution is 0.425. The summed E-state index contributed by atoms with van der Waals surface area (Å²) in [6.07, 6.45) is 4.18. The van der Waals surface area contributed by atoms with E-state index in [2.05, 4.69) is 17.2 Å². The average Bonchev–Trinajstić information content (AvgIpc) is 2.19. The summed E-state index contributed by atoms with van der Waals surface area (Å²) < 4.78 is 0. The van der Waals surface area contributed by atoms with E-state index in [4.69, 9.17) is 11.6 Å². The number of hydrogen-bond donors (Lipinski definition) is 2. The van der Waals surface area contributed by atoms with Gasteiger partial charge in [0.1, 0.15) is 5.15 Å². The van der Waals surface area contributed by atoms with Crippen molar-refractivity contribution in [1.29, 1.82) is 0 Å². The first-order chi connectivity index (χ1) is 7.18. The van der Waals surface area contributed by atoms with E-state index in [0.29, 0.717) is 5.15 Å². The molecule has 1 aliphatic heterocycles. The highest BCUT2D eigenvalue weighted by atomic mass is 35.5. The van der Waals surface area contributed by atoms with Crippen molar-refractivity contribution < 1.29 is 0 Å². The lowest BCUT2D eigenvalue weighted by Gasteiger charge is -2.18. The van der Waals surface area contributed by atoms with Crippen LogP contribution in [0.2, 0.25) is 5.15 Å². The van der Waals surface area contributed by atoms with Gasteiger partial charge in [-0.3, -0.25) is 4.79 Å². The molecule has 4 heteroatoms. The summed E-state index contributed by atoms with van der Waals surface area (Å²) in [7, 11) is 0. The number of halogens is 1. The van der Waals surface area contributed by atoms with Crippen LogP contribution >= 0.6 is 11.6 Å². The topological polar surface area (TPSA) is 44.9 Å². The predicted octanol–water partition coefficient (Wildman–Crippen LogP) is 2.18. The second-order valence-corrected chi connectivity index (χ2v) is 4.12. The third-order valence-electron chi connectivity index (χ3n) is 2.29. The molecule has 0 aromatic carbocycles. The van der Waals surface area contributed by atoms with Crippen LogP contribution in [-0.4, -0.2) is 17.6 Å². The Morgan fingerprint density at radius 2 is 2.20 bits per heavy atom. The third kappa shape index (κ3) is 5.60. The Labute approximate surface area is 94.9 Å². The largest absolute Gasteiger partial charge is 0.314 e. The van der Waals surface area contributed by atoms with Crippen LogP contribution in [0.4, 0.5) is 0 Å². The molecule has 1 aliphatic rings. The summed E-state index contributed by atoms with van der Waals surface area (Å²) in [5, 5.41) is 3.75. The smallest absolute Gasteiger partial charge is 0.249 e. The Morgan fingerprint density at radius 3 is 2.53 bits per heavy atom. The lowest BCUT2D eigenvalue weighted by atomic mass is 10.1. The van der Waals surface area contributed by atoms with Gasteiger partial charge in [-0.15, -0.1) is 0 Å². The van der Waals surface area contributed by atoms with Gasteiger partial charge >= 0.3 is 0 Å². The van der Waals surface area contributed by atoms with E-state index < -0.39 is 0 Å². The van der Waals surface area contributed by atoms with Crippen LogP contribution in [0.1, 0.15) is 26.2 Å². The first-order valence-electron chi connectivity index (χ1n) is 5.26. The van der Waals surface area contributed by atoms with E-state index in [-0.39, 0.29) is 5.56 Å². The first kappa shape index (κ1) is 12.3. The standard InChI is InChI=1S/C6H13N.C5H4ClNO/c1-6-4-2-3-5-7-6;6-4-2-1-3-5(8)7-4/h6-7H,2-5H2,1H3;1-3H,(H,7,8)/t6-;/m1./s1. The molecular formula is C11H17ClN2O. The van der Waals surface area contributed by atoms with E-state index in [9.17, 15) is 4.79 Å². The second-order valence-electron chi connectivity index (χ2n) is 3.71. The fourth-order valence-corrected chi connectivity index (χ4v) is 1.61. The molecule has 0 amide bonds. The number of piperidine rings is 1. The van der Waals surface area contributed by atoms with Gasteiger partial charge in [0.05, 0.1) is 0 Å². The van der Waals surface area contributed by atoms with Crippen molar-refractivity contribution in [1.82, 2.24) is 10.3 Å². The molecule has 2 heterocycles. The summed E-state index contributed by atoms with van der Waals surface area (Å²) in [6.45, 7) is 3.49. The minimum absolute atomic E-state index is 0.169. The molecule has 0 aliphatic carbocycles. The summed E-state index contributed by atoms with van der Waals surface area (Å²) in [5.74, 6) is 0. The molecule has 3 nitrogen and oxygen atoms in total. The van der Waals surface area contributed by atoms with Gasteiger partial charge in [-0.25, -0.2) is 0 Å². The molecule has 15 heavy (non-hydrogen) atoms. The van der Waals surface area contributed by atoms with Gasteiger partial charge < -0.3 is 10.3 Å². The predicted molar refractivity (Wildman–Crippen MR) is 63.4 cm³/mol. The Bertz CT molecular complexity index is 331. The summed E-state index contributed by atoms with van der Waals surface area (Å²) in [4.78, 5) is 12.7. The first-order valence-corrected chi connectivity index (χ1v) is 5.64. The minimum Gasteiger partial charge on any atom is -0.314 e. The molecule has 1 fully saturated rings. The Hall–Kier alpha value is -0.800. The average molecular weight is 229 g/mol. The number of rotatable bonds is 0. The van der Waals surface area contributed by atoms with Crippen LogP contribution in [0.5, 0.6) is 0 Å². The molecule has 0 unspecified atom stereocenters. The zero-order valence-electron chi connectivity index (χ0n) is 8.92. The van der Waals surface area contributed by atoms with Gasteiger partial charge in [-0.1, -0.05) is 24.1 Å². The maximum Gasteiger partial charge on any atom is 0.249 e. The number of nitrogens with one attached hydrogen (secondary N) is 2. The van der Waals surface area contributed by atoms with Crippen LogP contribution in [-0.2, 0) is 0 Å². The van der Waals surface area contributed by atoms with Gasteiger partial charge in [-0.05, 0) is 32.4 Å². The van der Waals surface area contributed by atoms with Crippen molar-refractivity contribution >= 4 is 11.6 Å². The normalized spacial score (nSPS) is 20.3. The van der Waals surface area contributed by atoms with Gasteiger partial charge in [0.25, 0.3) is 0 Å². The van der Waals surface area contributed by atoms with Crippen LogP contribution in [0.3, 0.4) is 0 Å². The monoisotopic (exact) mass is 228 g/mol. The maximum absolute atomic E-state index is 10.4. The van der Waals surface area contributed by atoms with Crippen molar-refractivity contribution in [3.05, 3.63) is 33.7 Å². The molecule has 2 N–H and O–H groups in total. The molecule has 84 valence electrons. The second kappa shape index (κ2) is 6.64. The number of aromatic amines is 1. The highest BCUT2D eigenvalue weighted by Gasteiger charge is 2.04. The van der Waals surface area contributed by atoms with Crippen molar-refractivity contribution in [3.63, 3.8) is 0 Å². The quantitative estimate of drug-likeness (QED) is 0.669. The van der Waals surface area contributed by atoms with Crippen molar-refractivity contribution in [3.8, 4) is 0 Å². The molecule has 0 radical (unpaired) electrons. The van der Waals surface area contributed by atoms with Gasteiger partial charge in [-0.2, -0.15) is 0 Å². The van der Waals surface area contributed by atoms with E-state index in [1.165, 1.54) is 31.9 Å². The molecule has 0 bridgehead atoms. The summed E-state index contributed by atoms with van der Waals surface area (Å²) in [6, 6.07) is 5.41. The number of hydrogen-bond acceptors (Lipinski definition) is 2. The molecule has 0 saturated carbocycles. The SMILES string of the molecule is C[C@@H]1CCCCN1.O=c1cccc(Cl)[nH]1. The molecule has 1 atom stereocenters. The summed E-state index contributed by atoms with van der Waals surface area (Å²) in [5.41, 5.74) is -0.169. The maximum atomic E-state index is 10.4. The van der Waals surface area contributed by atoms with Crippen LogP contribution in [0.25, 0.3) is 0 Å². The molecule has 1 aromatic rings. The van der Waals surface area contributed by atoms with E-state index >= 15 is 0 Å². The molecule has 0 spiro atoms. The number of pyridine rings is 1. The van der Waals surface area contributed by atoms with Gasteiger partial charge in [0.15, 0.2) is 0 Å². The van der Waals surface area contributed by atoms with Crippen LogP contribution < -0.4 is 10.9 Å². The highest BCUT2D eigenvalue weighted by Crippen LogP contribution is 2.04. The molecular weight excluding hydrogens is 212 g/mol. The van der Waals surface area contributed by atoms with Gasteiger partial charge in [0, 0.05) is 12.1 Å². The van der Waals surface area contributed by atoms with E-state index in [1.54, 1.807) is 12.1 Å². The Morgan fingerprint density at radius 1 is 1.40 bits per heavy atom. The number of H-pyrrole nitrogens is 1. The lowest BCUT2D eigenvalue weighted by Crippen LogP contribution is -2.30. The van der Waals surface area contributed by atoms with E-state index in [0.717, 1.165) is 6.04 Å². The number of aromatic nitrogens is 1. The Kier molecular flexibility index (Phi) is 5.43. The molecule has 1 saturated heterocycles. The zero-order valence-corrected chi connectivity index (χ0v) is 9.68. The molecule has 1 aromatic heterocycles. The van der Waals surface area contributed by atoms with Crippen LogP contribution in [0, 0.1) is 0 Å². The van der Waals surface area contributed by atoms with Crippen molar-refractivity contribution in [2.24, 2.45) is 0 Å². The minimum atomic E-state index is -0.169. The van der Waals surface area contributed by atoms with Crippen molar-refractivity contribution in [2.45, 2.75) is 32.2 Å².